The first kappa shape index (κ1) is 13.9. The van der Waals surface area contributed by atoms with Crippen LogP contribution in [0.15, 0.2) is 0 Å². The molecule has 2 atom stereocenters. The Labute approximate surface area is 124 Å². The van der Waals surface area contributed by atoms with E-state index in [0.29, 0.717) is 0 Å². The topological polar surface area (TPSA) is 50.2 Å². The summed E-state index contributed by atoms with van der Waals surface area (Å²) in [6, 6.07) is 0.210. The fourth-order valence-electron chi connectivity index (χ4n) is 3.36. The van der Waals surface area contributed by atoms with Crippen LogP contribution in [0.1, 0.15) is 35.8 Å². The first-order valence-electron chi connectivity index (χ1n) is 7.21. The number of carbonyl (C=O) groups excluding carboxylic acids is 1. The van der Waals surface area contributed by atoms with Gasteiger partial charge in [0.2, 0.25) is 5.91 Å². The monoisotopic (exact) mass is 294 g/mol. The van der Waals surface area contributed by atoms with Gasteiger partial charge in [0.15, 0.2) is 0 Å². The molecule has 3 heterocycles. The highest BCUT2D eigenvalue weighted by atomic mass is 32.2. The number of hydrogen-bond donors (Lipinski definition) is 1. The van der Waals surface area contributed by atoms with Crippen molar-refractivity contribution in [2.24, 2.45) is 7.05 Å². The summed E-state index contributed by atoms with van der Waals surface area (Å²) in [4.78, 5) is 14.8. The van der Waals surface area contributed by atoms with Crippen LogP contribution in [0.5, 0.6) is 0 Å². The summed E-state index contributed by atoms with van der Waals surface area (Å²) in [5.41, 5.74) is 3.49. The molecule has 2 aliphatic rings. The first-order chi connectivity index (χ1) is 9.59. The van der Waals surface area contributed by atoms with Gasteiger partial charge in [0.25, 0.3) is 0 Å². The second-order valence-electron chi connectivity index (χ2n) is 5.67. The Hall–Kier alpha value is -1.01. The van der Waals surface area contributed by atoms with Gasteiger partial charge in [-0.05, 0) is 26.7 Å². The predicted octanol–water partition coefficient (Wildman–Crippen LogP) is 1.36. The lowest BCUT2D eigenvalue weighted by Crippen LogP contribution is -2.44. The number of nitrogens with zero attached hydrogens (tertiary/aromatic N) is 3. The van der Waals surface area contributed by atoms with E-state index in [1.54, 1.807) is 11.8 Å². The van der Waals surface area contributed by atoms with Crippen LogP contribution in [0.25, 0.3) is 0 Å². The number of likely N-dealkylation sites (tertiary alicyclic amines) is 1. The van der Waals surface area contributed by atoms with Crippen molar-refractivity contribution in [3.05, 3.63) is 17.0 Å². The molecule has 0 aliphatic carbocycles. The SMILES string of the molecule is Cc1nn(C)c(C)c1C1CCCN1C(=O)C1CSCN1. The molecule has 3 rings (SSSR count). The Kier molecular flexibility index (Phi) is 3.77. The van der Waals surface area contributed by atoms with Gasteiger partial charge in [-0.25, -0.2) is 0 Å². The molecule has 20 heavy (non-hydrogen) atoms. The second-order valence-corrected chi connectivity index (χ2v) is 6.70. The molecule has 0 bridgehead atoms. The third-order valence-electron chi connectivity index (χ3n) is 4.45. The van der Waals surface area contributed by atoms with Gasteiger partial charge in [0.1, 0.15) is 0 Å². The number of carbonyl (C=O) groups is 1. The summed E-state index contributed by atoms with van der Waals surface area (Å²) in [5, 5.41) is 7.80. The van der Waals surface area contributed by atoms with Crippen LogP contribution in [-0.2, 0) is 11.8 Å². The van der Waals surface area contributed by atoms with E-state index < -0.39 is 0 Å². The number of hydrogen-bond acceptors (Lipinski definition) is 4. The van der Waals surface area contributed by atoms with Crippen molar-refractivity contribution in [3.8, 4) is 0 Å². The lowest BCUT2D eigenvalue weighted by Gasteiger charge is -2.27. The lowest BCUT2D eigenvalue weighted by atomic mass is 10.0. The summed E-state index contributed by atoms with van der Waals surface area (Å²) < 4.78 is 1.93. The van der Waals surface area contributed by atoms with Crippen LogP contribution in [-0.4, -0.2) is 44.8 Å². The molecule has 0 aromatic carbocycles. The van der Waals surface area contributed by atoms with Crippen LogP contribution in [0.3, 0.4) is 0 Å². The van der Waals surface area contributed by atoms with E-state index in [1.165, 1.54) is 11.3 Å². The molecule has 0 saturated carbocycles. The van der Waals surface area contributed by atoms with E-state index in [-0.39, 0.29) is 18.0 Å². The Morgan fingerprint density at radius 3 is 2.85 bits per heavy atom. The van der Waals surface area contributed by atoms with Crippen molar-refractivity contribution in [3.63, 3.8) is 0 Å². The van der Waals surface area contributed by atoms with E-state index >= 15 is 0 Å². The number of amides is 1. The van der Waals surface area contributed by atoms with Gasteiger partial charge in [-0.1, -0.05) is 0 Å². The molecule has 2 aliphatic heterocycles. The average Bonchev–Trinajstić information content (AvgIpc) is 3.12. The average molecular weight is 294 g/mol. The minimum absolute atomic E-state index is 0.00196. The Balaban J connectivity index is 1.86. The minimum Gasteiger partial charge on any atom is -0.334 e. The van der Waals surface area contributed by atoms with Crippen LogP contribution < -0.4 is 5.32 Å². The molecular formula is C14H22N4OS. The number of aryl methyl sites for hydroxylation is 2. The van der Waals surface area contributed by atoms with Gasteiger partial charge in [0.05, 0.1) is 17.8 Å². The van der Waals surface area contributed by atoms with E-state index in [0.717, 1.165) is 36.7 Å². The molecule has 2 unspecified atom stereocenters. The molecule has 5 nitrogen and oxygen atoms in total. The van der Waals surface area contributed by atoms with Crippen LogP contribution in [0.4, 0.5) is 0 Å². The summed E-state index contributed by atoms with van der Waals surface area (Å²) in [6.45, 7) is 5.02. The molecular weight excluding hydrogens is 272 g/mol. The molecule has 0 radical (unpaired) electrons. The van der Waals surface area contributed by atoms with Gasteiger partial charge in [-0.2, -0.15) is 5.10 Å². The van der Waals surface area contributed by atoms with Gasteiger partial charge < -0.3 is 4.90 Å². The molecule has 1 N–H and O–H groups in total. The lowest BCUT2D eigenvalue weighted by molar-refractivity contribution is -0.133. The smallest absolute Gasteiger partial charge is 0.241 e. The maximum atomic E-state index is 12.7. The number of rotatable bonds is 2. The summed E-state index contributed by atoms with van der Waals surface area (Å²) in [7, 11) is 1.97. The fourth-order valence-corrected chi connectivity index (χ4v) is 4.29. The highest BCUT2D eigenvalue weighted by molar-refractivity contribution is 7.99. The predicted molar refractivity (Wildman–Crippen MR) is 80.6 cm³/mol. The van der Waals surface area contributed by atoms with Crippen molar-refractivity contribution in [1.82, 2.24) is 20.0 Å². The van der Waals surface area contributed by atoms with Crippen LogP contribution >= 0.6 is 11.8 Å². The molecule has 110 valence electrons. The van der Waals surface area contributed by atoms with E-state index in [9.17, 15) is 4.79 Å². The quantitative estimate of drug-likeness (QED) is 0.895. The minimum atomic E-state index is -0.00196. The van der Waals surface area contributed by atoms with Crippen molar-refractivity contribution < 1.29 is 4.79 Å². The maximum Gasteiger partial charge on any atom is 0.241 e. The van der Waals surface area contributed by atoms with E-state index in [2.05, 4.69) is 22.2 Å². The fraction of sp³-hybridized carbons (Fsp3) is 0.714. The van der Waals surface area contributed by atoms with Gasteiger partial charge in [-0.15, -0.1) is 11.8 Å². The molecule has 1 amide bonds. The zero-order chi connectivity index (χ0) is 14.3. The van der Waals surface area contributed by atoms with Crippen LogP contribution in [0.2, 0.25) is 0 Å². The standard InChI is InChI=1S/C14H22N4OS/c1-9-13(10(2)17(3)16-9)12-5-4-6-18(12)14(19)11-7-20-8-15-11/h11-12,15H,4-8H2,1-3H3. The zero-order valence-corrected chi connectivity index (χ0v) is 13.2. The molecule has 2 saturated heterocycles. The van der Waals surface area contributed by atoms with Crippen molar-refractivity contribution in [2.45, 2.75) is 38.8 Å². The number of thioether (sulfide) groups is 1. The summed E-state index contributed by atoms with van der Waals surface area (Å²) in [6.07, 6.45) is 2.14. The Morgan fingerprint density at radius 2 is 2.25 bits per heavy atom. The molecule has 2 fully saturated rings. The number of aromatic nitrogens is 2. The maximum absolute atomic E-state index is 12.7. The van der Waals surface area contributed by atoms with Gasteiger partial charge >= 0.3 is 0 Å². The third kappa shape index (κ3) is 2.24. The molecule has 1 aromatic rings. The molecule has 0 spiro atoms. The van der Waals surface area contributed by atoms with Gasteiger partial charge in [-0.3, -0.25) is 14.8 Å². The van der Waals surface area contributed by atoms with Gasteiger partial charge in [0, 0.05) is 36.5 Å². The third-order valence-corrected chi connectivity index (χ3v) is 5.39. The first-order valence-corrected chi connectivity index (χ1v) is 8.36. The van der Waals surface area contributed by atoms with Crippen molar-refractivity contribution in [2.75, 3.05) is 18.2 Å². The normalized spacial score (nSPS) is 26.4. The Morgan fingerprint density at radius 1 is 1.45 bits per heavy atom. The zero-order valence-electron chi connectivity index (χ0n) is 12.3. The summed E-state index contributed by atoms with van der Waals surface area (Å²) in [5.74, 6) is 2.05. The van der Waals surface area contributed by atoms with Crippen molar-refractivity contribution >= 4 is 17.7 Å². The van der Waals surface area contributed by atoms with Crippen LogP contribution in [0, 0.1) is 13.8 Å². The highest BCUT2D eigenvalue weighted by Crippen LogP contribution is 2.36. The summed E-state index contributed by atoms with van der Waals surface area (Å²) >= 11 is 1.80. The van der Waals surface area contributed by atoms with E-state index in [4.69, 9.17) is 0 Å². The van der Waals surface area contributed by atoms with Crippen molar-refractivity contribution in [1.29, 1.82) is 0 Å². The van der Waals surface area contributed by atoms with E-state index in [1.807, 2.05) is 18.7 Å². The highest BCUT2D eigenvalue weighted by Gasteiger charge is 2.37. The molecule has 1 aromatic heterocycles. The molecule has 6 heteroatoms. The Bertz CT molecular complexity index is 521. The second kappa shape index (κ2) is 5.41. The number of nitrogens with one attached hydrogen (secondary N) is 1. The largest absolute Gasteiger partial charge is 0.334 e.